The van der Waals surface area contributed by atoms with Gasteiger partial charge in [-0.15, -0.1) is 0 Å². The molecule has 1 saturated heterocycles. The molecule has 5 N–H and O–H groups in total. The molecule has 0 spiro atoms. The fraction of sp³-hybridized carbons (Fsp3) is 0.364. The molecular weight excluding hydrogens is 188 g/mol. The molecule has 0 aromatic heterocycles. The maximum atomic E-state index is 7.19. The van der Waals surface area contributed by atoms with Crippen LogP contribution in [0, 0.1) is 5.41 Å². The third-order valence-electron chi connectivity index (χ3n) is 2.83. The van der Waals surface area contributed by atoms with Gasteiger partial charge in [-0.2, -0.15) is 0 Å². The van der Waals surface area contributed by atoms with Crippen LogP contribution in [0.5, 0.6) is 0 Å². The molecule has 1 aromatic rings. The van der Waals surface area contributed by atoms with Crippen molar-refractivity contribution in [2.45, 2.75) is 12.8 Å². The van der Waals surface area contributed by atoms with Crippen LogP contribution in [0.1, 0.15) is 18.4 Å². The van der Waals surface area contributed by atoms with Gasteiger partial charge in [0.15, 0.2) is 0 Å². The van der Waals surface area contributed by atoms with E-state index in [1.165, 1.54) is 19.1 Å². The van der Waals surface area contributed by atoms with Crippen molar-refractivity contribution in [3.63, 3.8) is 0 Å². The molecule has 1 heterocycles. The fourth-order valence-corrected chi connectivity index (χ4v) is 2.00. The molecule has 0 aliphatic carbocycles. The molecule has 80 valence electrons. The first-order valence-electron chi connectivity index (χ1n) is 5.17. The minimum Gasteiger partial charge on any atom is -0.398 e. The minimum absolute atomic E-state index is 0.626. The largest absolute Gasteiger partial charge is 0.398 e. The van der Waals surface area contributed by atoms with Crippen LogP contribution in [-0.2, 0) is 0 Å². The molecule has 0 atom stereocenters. The Balaban J connectivity index is 2.39. The SMILES string of the molecule is N=Cc1cc(N)c(N2CCCC2)cc1N. The standard InChI is InChI=1S/C11H16N4/c12-7-8-5-10(14)11(6-9(8)13)15-3-1-2-4-15/h5-7,12H,1-4,13-14H2. The molecule has 1 aromatic carbocycles. The molecule has 0 radical (unpaired) electrons. The molecule has 0 amide bonds. The minimum atomic E-state index is 0.626. The normalized spacial score (nSPS) is 15.6. The molecule has 0 unspecified atom stereocenters. The Morgan fingerprint density at radius 2 is 1.80 bits per heavy atom. The Hall–Kier alpha value is -1.71. The van der Waals surface area contributed by atoms with Crippen LogP contribution >= 0.6 is 0 Å². The van der Waals surface area contributed by atoms with Crippen LogP contribution in [0.2, 0.25) is 0 Å². The fourth-order valence-electron chi connectivity index (χ4n) is 2.00. The number of hydrogen-bond acceptors (Lipinski definition) is 4. The molecule has 0 bridgehead atoms. The molecule has 2 rings (SSSR count). The smallest absolute Gasteiger partial charge is 0.0621 e. The monoisotopic (exact) mass is 204 g/mol. The van der Waals surface area contributed by atoms with Crippen LogP contribution in [0.15, 0.2) is 12.1 Å². The summed E-state index contributed by atoms with van der Waals surface area (Å²) in [5.74, 6) is 0. The average molecular weight is 204 g/mol. The third kappa shape index (κ3) is 1.75. The highest BCUT2D eigenvalue weighted by molar-refractivity contribution is 5.90. The van der Waals surface area contributed by atoms with E-state index in [0.717, 1.165) is 18.8 Å². The summed E-state index contributed by atoms with van der Waals surface area (Å²) in [4.78, 5) is 2.25. The van der Waals surface area contributed by atoms with Crippen molar-refractivity contribution in [1.82, 2.24) is 0 Å². The number of nitrogen functional groups attached to an aromatic ring is 2. The van der Waals surface area contributed by atoms with E-state index < -0.39 is 0 Å². The summed E-state index contributed by atoms with van der Waals surface area (Å²) in [5.41, 5.74) is 14.8. The predicted molar refractivity (Wildman–Crippen MR) is 64.6 cm³/mol. The molecule has 4 nitrogen and oxygen atoms in total. The first-order valence-corrected chi connectivity index (χ1v) is 5.17. The molecule has 0 saturated carbocycles. The summed E-state index contributed by atoms with van der Waals surface area (Å²) in [7, 11) is 0. The summed E-state index contributed by atoms with van der Waals surface area (Å²) >= 11 is 0. The van der Waals surface area contributed by atoms with Gasteiger partial charge in [0.2, 0.25) is 0 Å². The Morgan fingerprint density at radius 1 is 1.13 bits per heavy atom. The molecule has 1 aliphatic heterocycles. The summed E-state index contributed by atoms with van der Waals surface area (Å²) < 4.78 is 0. The quantitative estimate of drug-likeness (QED) is 0.504. The molecule has 4 heteroatoms. The second-order valence-electron chi connectivity index (χ2n) is 3.88. The maximum Gasteiger partial charge on any atom is 0.0621 e. The van der Waals surface area contributed by atoms with Gasteiger partial charge in [0, 0.05) is 30.6 Å². The first-order chi connectivity index (χ1) is 7.22. The van der Waals surface area contributed by atoms with Gasteiger partial charge in [0.1, 0.15) is 0 Å². The lowest BCUT2D eigenvalue weighted by Gasteiger charge is -2.20. The highest BCUT2D eigenvalue weighted by Crippen LogP contribution is 2.30. The zero-order valence-corrected chi connectivity index (χ0v) is 8.66. The van der Waals surface area contributed by atoms with Crippen molar-refractivity contribution >= 4 is 23.3 Å². The van der Waals surface area contributed by atoms with E-state index in [2.05, 4.69) is 4.90 Å². The van der Waals surface area contributed by atoms with Crippen LogP contribution < -0.4 is 16.4 Å². The van der Waals surface area contributed by atoms with Gasteiger partial charge < -0.3 is 21.8 Å². The summed E-state index contributed by atoms with van der Waals surface area (Å²) in [5, 5.41) is 7.19. The lowest BCUT2D eigenvalue weighted by molar-refractivity contribution is 0.949. The number of nitrogens with zero attached hydrogens (tertiary/aromatic N) is 1. The van der Waals surface area contributed by atoms with Gasteiger partial charge in [-0.1, -0.05) is 0 Å². The van der Waals surface area contributed by atoms with E-state index in [1.807, 2.05) is 6.07 Å². The van der Waals surface area contributed by atoms with Crippen molar-refractivity contribution in [3.05, 3.63) is 17.7 Å². The highest BCUT2D eigenvalue weighted by Gasteiger charge is 2.15. The second-order valence-corrected chi connectivity index (χ2v) is 3.88. The van der Waals surface area contributed by atoms with Crippen LogP contribution in [0.4, 0.5) is 17.1 Å². The van der Waals surface area contributed by atoms with E-state index in [9.17, 15) is 0 Å². The lowest BCUT2D eigenvalue weighted by Crippen LogP contribution is -2.19. The van der Waals surface area contributed by atoms with E-state index in [1.54, 1.807) is 6.07 Å². The average Bonchev–Trinajstić information content (AvgIpc) is 2.74. The van der Waals surface area contributed by atoms with Crippen molar-refractivity contribution in [2.75, 3.05) is 29.5 Å². The topological polar surface area (TPSA) is 79.1 Å². The Morgan fingerprint density at radius 3 is 2.40 bits per heavy atom. The van der Waals surface area contributed by atoms with Gasteiger partial charge >= 0.3 is 0 Å². The Bertz CT molecular complexity index is 380. The third-order valence-corrected chi connectivity index (χ3v) is 2.83. The summed E-state index contributed by atoms with van der Waals surface area (Å²) in [6.45, 7) is 2.10. The van der Waals surface area contributed by atoms with E-state index in [-0.39, 0.29) is 0 Å². The van der Waals surface area contributed by atoms with Crippen molar-refractivity contribution in [3.8, 4) is 0 Å². The van der Waals surface area contributed by atoms with Gasteiger partial charge in [0.25, 0.3) is 0 Å². The van der Waals surface area contributed by atoms with E-state index >= 15 is 0 Å². The number of anilines is 3. The number of benzene rings is 1. The second kappa shape index (κ2) is 3.81. The zero-order valence-electron chi connectivity index (χ0n) is 8.66. The maximum absolute atomic E-state index is 7.19. The van der Waals surface area contributed by atoms with Gasteiger partial charge in [-0.05, 0) is 25.0 Å². The first kappa shape index (κ1) is 9.83. The van der Waals surface area contributed by atoms with Crippen LogP contribution in [0.3, 0.4) is 0 Å². The van der Waals surface area contributed by atoms with Gasteiger partial charge in [-0.25, -0.2) is 0 Å². The number of nitrogens with one attached hydrogen (secondary N) is 1. The summed E-state index contributed by atoms with van der Waals surface area (Å²) in [6.07, 6.45) is 3.66. The Kier molecular flexibility index (Phi) is 2.49. The zero-order chi connectivity index (χ0) is 10.8. The predicted octanol–water partition coefficient (Wildman–Crippen LogP) is 1.45. The van der Waals surface area contributed by atoms with Gasteiger partial charge in [0.05, 0.1) is 11.4 Å². The molecular formula is C11H16N4. The summed E-state index contributed by atoms with van der Waals surface area (Å²) in [6, 6.07) is 3.65. The highest BCUT2D eigenvalue weighted by atomic mass is 15.2. The number of hydrogen-bond donors (Lipinski definition) is 3. The van der Waals surface area contributed by atoms with Crippen molar-refractivity contribution in [1.29, 1.82) is 5.41 Å². The van der Waals surface area contributed by atoms with Crippen molar-refractivity contribution < 1.29 is 0 Å². The lowest BCUT2D eigenvalue weighted by atomic mass is 10.1. The number of nitrogens with two attached hydrogens (primary N) is 2. The molecule has 1 aliphatic rings. The Labute approximate surface area is 89.4 Å². The number of rotatable bonds is 2. The molecule has 1 fully saturated rings. The van der Waals surface area contributed by atoms with Crippen LogP contribution in [-0.4, -0.2) is 19.3 Å². The van der Waals surface area contributed by atoms with E-state index in [0.29, 0.717) is 16.9 Å². The van der Waals surface area contributed by atoms with Crippen molar-refractivity contribution in [2.24, 2.45) is 0 Å². The van der Waals surface area contributed by atoms with Crippen LogP contribution in [0.25, 0.3) is 0 Å². The molecule has 15 heavy (non-hydrogen) atoms. The van der Waals surface area contributed by atoms with Gasteiger partial charge in [-0.3, -0.25) is 0 Å². The van der Waals surface area contributed by atoms with E-state index in [4.69, 9.17) is 16.9 Å².